The molecule has 5 nitrogen and oxygen atoms in total. The summed E-state index contributed by atoms with van der Waals surface area (Å²) in [5.74, 6) is -1.25. The molecule has 0 aliphatic heterocycles. The molecule has 2 aromatic rings. The molecule has 0 bridgehead atoms. The second kappa shape index (κ2) is 7.19. The Morgan fingerprint density at radius 3 is 2.62 bits per heavy atom. The predicted molar refractivity (Wildman–Crippen MR) is 79.2 cm³/mol. The zero-order valence-corrected chi connectivity index (χ0v) is 11.5. The van der Waals surface area contributed by atoms with Gasteiger partial charge in [-0.25, -0.2) is 9.78 Å². The number of carbonyl (C=O) groups is 2. The molecule has 0 fully saturated rings. The topological polar surface area (TPSA) is 79.3 Å². The Morgan fingerprint density at radius 2 is 1.90 bits per heavy atom. The quantitative estimate of drug-likeness (QED) is 0.854. The smallest absolute Gasteiger partial charge is 0.354 e. The summed E-state index contributed by atoms with van der Waals surface area (Å²) in [6.45, 7) is 0. The molecule has 0 atom stereocenters. The number of hydrogen-bond donors (Lipinski definition) is 2. The van der Waals surface area contributed by atoms with Crippen molar-refractivity contribution < 1.29 is 14.7 Å². The number of aromatic carboxylic acids is 1. The van der Waals surface area contributed by atoms with Gasteiger partial charge in [0, 0.05) is 18.3 Å². The molecule has 1 aromatic heterocycles. The average molecular weight is 284 g/mol. The van der Waals surface area contributed by atoms with Crippen molar-refractivity contribution in [3.8, 4) is 0 Å². The Morgan fingerprint density at radius 1 is 1.14 bits per heavy atom. The first-order valence-electron chi connectivity index (χ1n) is 6.68. The van der Waals surface area contributed by atoms with Crippen LogP contribution in [0.4, 0.5) is 5.69 Å². The molecule has 0 unspecified atom stereocenters. The Hall–Kier alpha value is -2.69. The van der Waals surface area contributed by atoms with E-state index >= 15 is 0 Å². The number of anilines is 1. The van der Waals surface area contributed by atoms with Gasteiger partial charge >= 0.3 is 5.97 Å². The molecule has 2 N–H and O–H groups in total. The number of carboxylic acid groups (broad SMARTS) is 1. The van der Waals surface area contributed by atoms with E-state index < -0.39 is 5.97 Å². The standard InChI is InChI=1S/C16H16N2O3/c19-15(8-4-7-12-5-2-1-3-6-12)18-13-9-10-17-14(11-13)16(20)21/h1-3,5-6,9-11H,4,7-8H2,(H,20,21)(H,17,18,19). The minimum atomic E-state index is -1.12. The highest BCUT2D eigenvalue weighted by Gasteiger charge is 2.07. The van der Waals surface area contributed by atoms with Crippen LogP contribution in [-0.4, -0.2) is 22.0 Å². The van der Waals surface area contributed by atoms with Gasteiger partial charge in [0.1, 0.15) is 5.69 Å². The zero-order valence-electron chi connectivity index (χ0n) is 11.5. The molecule has 1 heterocycles. The van der Waals surface area contributed by atoms with Gasteiger partial charge in [-0.05, 0) is 30.5 Å². The van der Waals surface area contributed by atoms with Gasteiger partial charge in [0.15, 0.2) is 0 Å². The zero-order chi connectivity index (χ0) is 15.1. The number of pyridine rings is 1. The van der Waals surface area contributed by atoms with E-state index in [1.54, 1.807) is 6.07 Å². The summed E-state index contributed by atoms with van der Waals surface area (Å²) in [6.07, 6.45) is 3.33. The lowest BCUT2D eigenvalue weighted by molar-refractivity contribution is -0.116. The fourth-order valence-electron chi connectivity index (χ4n) is 1.95. The Balaban J connectivity index is 1.82. The van der Waals surface area contributed by atoms with E-state index in [0.717, 1.165) is 12.8 Å². The van der Waals surface area contributed by atoms with Gasteiger partial charge in [-0.2, -0.15) is 0 Å². The maximum absolute atomic E-state index is 11.8. The number of benzene rings is 1. The highest BCUT2D eigenvalue weighted by atomic mass is 16.4. The van der Waals surface area contributed by atoms with Crippen molar-refractivity contribution in [3.63, 3.8) is 0 Å². The molecule has 0 radical (unpaired) electrons. The number of aryl methyl sites for hydroxylation is 1. The third-order valence-corrected chi connectivity index (χ3v) is 2.97. The SMILES string of the molecule is O=C(CCCc1ccccc1)Nc1ccnc(C(=O)O)c1. The lowest BCUT2D eigenvalue weighted by atomic mass is 10.1. The predicted octanol–water partition coefficient (Wildman–Crippen LogP) is 2.74. The average Bonchev–Trinajstić information content (AvgIpc) is 2.48. The van der Waals surface area contributed by atoms with Crippen LogP contribution in [0.15, 0.2) is 48.7 Å². The number of hydrogen-bond acceptors (Lipinski definition) is 3. The summed E-state index contributed by atoms with van der Waals surface area (Å²) in [5.41, 5.74) is 1.56. The molecule has 5 heteroatoms. The Bertz CT molecular complexity index is 626. The van der Waals surface area contributed by atoms with Crippen molar-refractivity contribution in [1.29, 1.82) is 0 Å². The summed E-state index contributed by atoms with van der Waals surface area (Å²) in [4.78, 5) is 26.3. The van der Waals surface area contributed by atoms with E-state index in [9.17, 15) is 9.59 Å². The van der Waals surface area contributed by atoms with Crippen LogP contribution < -0.4 is 5.32 Å². The largest absolute Gasteiger partial charge is 0.477 e. The number of carboxylic acids is 1. The van der Waals surface area contributed by atoms with E-state index in [-0.39, 0.29) is 11.6 Å². The van der Waals surface area contributed by atoms with Gasteiger partial charge in [0.2, 0.25) is 5.91 Å². The number of rotatable bonds is 6. The maximum atomic E-state index is 11.8. The molecule has 1 amide bonds. The van der Waals surface area contributed by atoms with Gasteiger partial charge in [-0.1, -0.05) is 30.3 Å². The van der Waals surface area contributed by atoms with Gasteiger partial charge in [-0.15, -0.1) is 0 Å². The summed E-state index contributed by atoms with van der Waals surface area (Å²) < 4.78 is 0. The molecule has 0 saturated heterocycles. The molecule has 0 aliphatic rings. The first-order chi connectivity index (χ1) is 10.1. The lowest BCUT2D eigenvalue weighted by Gasteiger charge is -2.06. The molecular formula is C16H16N2O3. The Labute approximate surface area is 122 Å². The van der Waals surface area contributed by atoms with E-state index in [1.165, 1.54) is 17.8 Å². The third-order valence-electron chi connectivity index (χ3n) is 2.97. The molecule has 108 valence electrons. The summed E-state index contributed by atoms with van der Waals surface area (Å²) in [5, 5.41) is 11.5. The highest BCUT2D eigenvalue weighted by Crippen LogP contribution is 2.10. The third kappa shape index (κ3) is 4.72. The van der Waals surface area contributed by atoms with Gasteiger partial charge in [0.25, 0.3) is 0 Å². The fourth-order valence-corrected chi connectivity index (χ4v) is 1.95. The second-order valence-electron chi connectivity index (χ2n) is 4.62. The van der Waals surface area contributed by atoms with E-state index in [2.05, 4.69) is 10.3 Å². The number of amides is 1. The Kier molecular flexibility index (Phi) is 5.04. The van der Waals surface area contributed by atoms with Crippen molar-refractivity contribution in [2.45, 2.75) is 19.3 Å². The monoisotopic (exact) mass is 284 g/mol. The van der Waals surface area contributed by atoms with E-state index in [1.807, 2.05) is 30.3 Å². The van der Waals surface area contributed by atoms with Gasteiger partial charge < -0.3 is 10.4 Å². The first kappa shape index (κ1) is 14.7. The second-order valence-corrected chi connectivity index (χ2v) is 4.62. The van der Waals surface area contributed by atoms with Crippen LogP contribution in [0, 0.1) is 0 Å². The maximum Gasteiger partial charge on any atom is 0.354 e. The normalized spacial score (nSPS) is 10.1. The highest BCUT2D eigenvalue weighted by molar-refractivity contribution is 5.92. The van der Waals surface area contributed by atoms with Crippen molar-refractivity contribution in [1.82, 2.24) is 4.98 Å². The number of carbonyl (C=O) groups excluding carboxylic acids is 1. The van der Waals surface area contributed by atoms with Crippen LogP contribution in [0.25, 0.3) is 0 Å². The van der Waals surface area contributed by atoms with Crippen molar-refractivity contribution in [2.24, 2.45) is 0 Å². The summed E-state index contributed by atoms with van der Waals surface area (Å²) in [6, 6.07) is 12.9. The van der Waals surface area contributed by atoms with Crippen LogP contribution >= 0.6 is 0 Å². The lowest BCUT2D eigenvalue weighted by Crippen LogP contribution is -2.12. The number of nitrogens with one attached hydrogen (secondary N) is 1. The van der Waals surface area contributed by atoms with E-state index in [4.69, 9.17) is 5.11 Å². The van der Waals surface area contributed by atoms with Crippen LogP contribution in [0.2, 0.25) is 0 Å². The molecule has 0 saturated carbocycles. The van der Waals surface area contributed by atoms with Crippen molar-refractivity contribution in [2.75, 3.05) is 5.32 Å². The number of nitrogens with zero attached hydrogens (tertiary/aromatic N) is 1. The fraction of sp³-hybridized carbons (Fsp3) is 0.188. The van der Waals surface area contributed by atoms with Crippen LogP contribution in [0.1, 0.15) is 28.9 Å². The summed E-state index contributed by atoms with van der Waals surface area (Å²) >= 11 is 0. The molecular weight excluding hydrogens is 268 g/mol. The molecule has 0 spiro atoms. The minimum Gasteiger partial charge on any atom is -0.477 e. The minimum absolute atomic E-state index is 0.0860. The molecule has 21 heavy (non-hydrogen) atoms. The molecule has 2 rings (SSSR count). The first-order valence-corrected chi connectivity index (χ1v) is 6.68. The van der Waals surface area contributed by atoms with Crippen molar-refractivity contribution in [3.05, 3.63) is 59.9 Å². The molecule has 1 aromatic carbocycles. The van der Waals surface area contributed by atoms with Crippen LogP contribution in [0.5, 0.6) is 0 Å². The van der Waals surface area contributed by atoms with Crippen molar-refractivity contribution >= 4 is 17.6 Å². The van der Waals surface area contributed by atoms with Crippen LogP contribution in [-0.2, 0) is 11.2 Å². The summed E-state index contributed by atoms with van der Waals surface area (Å²) in [7, 11) is 0. The van der Waals surface area contributed by atoms with Crippen LogP contribution in [0.3, 0.4) is 0 Å². The van der Waals surface area contributed by atoms with Gasteiger partial charge in [-0.3, -0.25) is 4.79 Å². The van der Waals surface area contributed by atoms with E-state index in [0.29, 0.717) is 12.1 Å². The van der Waals surface area contributed by atoms with Gasteiger partial charge in [0.05, 0.1) is 0 Å². The molecule has 0 aliphatic carbocycles. The number of aromatic nitrogens is 1.